The normalized spacial score (nSPS) is 14.8. The van der Waals surface area contributed by atoms with Crippen molar-refractivity contribution in [3.8, 4) is 0 Å². The Bertz CT molecular complexity index is 295. The van der Waals surface area contributed by atoms with Gasteiger partial charge in [0.05, 0.1) is 11.4 Å². The number of aryl methyl sites for hydroxylation is 1. The predicted octanol–water partition coefficient (Wildman–Crippen LogP) is 2.67. The number of nitrogens with zero attached hydrogens (tertiary/aromatic N) is 2. The number of aromatic nitrogens is 2. The van der Waals surface area contributed by atoms with Crippen LogP contribution in [-0.2, 0) is 0 Å². The van der Waals surface area contributed by atoms with Crippen LogP contribution < -0.4 is 5.32 Å². The van der Waals surface area contributed by atoms with Crippen LogP contribution in [0, 0.1) is 6.92 Å². The van der Waals surface area contributed by atoms with Crippen LogP contribution >= 0.6 is 0 Å². The van der Waals surface area contributed by atoms with Crippen LogP contribution in [0.2, 0.25) is 0 Å². The van der Waals surface area contributed by atoms with Crippen LogP contribution in [-0.4, -0.2) is 22.8 Å². The third-order valence-electron chi connectivity index (χ3n) is 2.96. The molecule has 2 unspecified atom stereocenters. The molecule has 0 amide bonds. The van der Waals surface area contributed by atoms with E-state index in [1.165, 1.54) is 6.42 Å². The molecule has 0 spiro atoms. The van der Waals surface area contributed by atoms with Crippen molar-refractivity contribution < 1.29 is 0 Å². The summed E-state index contributed by atoms with van der Waals surface area (Å²) in [7, 11) is 0. The lowest BCUT2D eigenvalue weighted by Gasteiger charge is -2.22. The van der Waals surface area contributed by atoms with Crippen molar-refractivity contribution >= 4 is 0 Å². The van der Waals surface area contributed by atoms with Gasteiger partial charge >= 0.3 is 0 Å². The molecular weight excluding hydrogens is 198 g/mol. The van der Waals surface area contributed by atoms with Crippen LogP contribution in [0.25, 0.3) is 0 Å². The highest BCUT2D eigenvalue weighted by Gasteiger charge is 2.18. The molecule has 0 aliphatic rings. The number of hydrogen-bond donors (Lipinski definition) is 1. The van der Waals surface area contributed by atoms with Crippen LogP contribution in [0.5, 0.6) is 0 Å². The van der Waals surface area contributed by atoms with Gasteiger partial charge in [-0.2, -0.15) is 10.2 Å². The molecule has 3 nitrogen and oxygen atoms in total. The molecule has 1 heterocycles. The molecule has 0 aliphatic heterocycles. The summed E-state index contributed by atoms with van der Waals surface area (Å²) in [4.78, 5) is 0. The van der Waals surface area contributed by atoms with Crippen molar-refractivity contribution in [1.82, 2.24) is 15.5 Å². The maximum absolute atomic E-state index is 4.29. The Morgan fingerprint density at radius 1 is 1.25 bits per heavy atom. The van der Waals surface area contributed by atoms with Gasteiger partial charge in [0.25, 0.3) is 0 Å². The predicted molar refractivity (Wildman–Crippen MR) is 67.6 cm³/mol. The molecule has 0 saturated carbocycles. The van der Waals surface area contributed by atoms with E-state index >= 15 is 0 Å². The fourth-order valence-corrected chi connectivity index (χ4v) is 1.94. The Kier molecular flexibility index (Phi) is 5.39. The summed E-state index contributed by atoms with van der Waals surface area (Å²) in [5, 5.41) is 12.0. The first-order valence-electron chi connectivity index (χ1n) is 6.22. The highest BCUT2D eigenvalue weighted by atomic mass is 15.1. The molecule has 1 rings (SSSR count). The molecule has 90 valence electrons. The maximum atomic E-state index is 4.29. The molecule has 1 N–H and O–H groups in total. The molecule has 1 aromatic heterocycles. The Balaban J connectivity index is 2.69. The first kappa shape index (κ1) is 13.1. The largest absolute Gasteiger partial charge is 0.314 e. The minimum absolute atomic E-state index is 0.458. The van der Waals surface area contributed by atoms with Gasteiger partial charge < -0.3 is 5.32 Å². The third-order valence-corrected chi connectivity index (χ3v) is 2.96. The zero-order valence-corrected chi connectivity index (χ0v) is 10.8. The molecule has 0 aromatic carbocycles. The first-order valence-corrected chi connectivity index (χ1v) is 6.22. The number of nitrogens with one attached hydrogen (secondary N) is 1. The van der Waals surface area contributed by atoms with Crippen LogP contribution in [0.15, 0.2) is 12.1 Å². The standard InChI is InChI=1S/C13H23N3/c1-5-9-14-11(4)12(6-2)13-8-7-10(3)15-16-13/h7-8,11-12,14H,5-6,9H2,1-4H3. The lowest BCUT2D eigenvalue weighted by Crippen LogP contribution is -2.33. The average Bonchev–Trinajstić information content (AvgIpc) is 2.30. The highest BCUT2D eigenvalue weighted by molar-refractivity contribution is 5.12. The minimum atomic E-state index is 0.458. The summed E-state index contributed by atoms with van der Waals surface area (Å²) >= 11 is 0. The van der Waals surface area contributed by atoms with Gasteiger partial charge in [0.15, 0.2) is 0 Å². The van der Waals surface area contributed by atoms with Crippen molar-refractivity contribution in [2.24, 2.45) is 0 Å². The Morgan fingerprint density at radius 3 is 2.50 bits per heavy atom. The number of rotatable bonds is 6. The molecule has 0 saturated heterocycles. The van der Waals surface area contributed by atoms with Gasteiger partial charge in [-0.3, -0.25) is 0 Å². The van der Waals surface area contributed by atoms with E-state index in [2.05, 4.69) is 42.4 Å². The lowest BCUT2D eigenvalue weighted by molar-refractivity contribution is 0.440. The van der Waals surface area contributed by atoms with Gasteiger partial charge in [-0.05, 0) is 45.4 Å². The fraction of sp³-hybridized carbons (Fsp3) is 0.692. The lowest BCUT2D eigenvalue weighted by atomic mass is 9.94. The summed E-state index contributed by atoms with van der Waals surface area (Å²) in [6.45, 7) is 9.65. The summed E-state index contributed by atoms with van der Waals surface area (Å²) in [5.74, 6) is 0.458. The van der Waals surface area contributed by atoms with Crippen molar-refractivity contribution in [3.05, 3.63) is 23.5 Å². The van der Waals surface area contributed by atoms with E-state index in [4.69, 9.17) is 0 Å². The molecule has 16 heavy (non-hydrogen) atoms. The second-order valence-electron chi connectivity index (χ2n) is 4.36. The molecule has 0 bridgehead atoms. The van der Waals surface area contributed by atoms with Gasteiger partial charge in [0.2, 0.25) is 0 Å². The Hall–Kier alpha value is -0.960. The maximum Gasteiger partial charge on any atom is 0.0677 e. The molecule has 3 heteroatoms. The summed E-state index contributed by atoms with van der Waals surface area (Å²) in [6.07, 6.45) is 2.26. The van der Waals surface area contributed by atoms with Crippen LogP contribution in [0.3, 0.4) is 0 Å². The summed E-state index contributed by atoms with van der Waals surface area (Å²) in [6, 6.07) is 4.60. The van der Waals surface area contributed by atoms with Crippen LogP contribution in [0.4, 0.5) is 0 Å². The van der Waals surface area contributed by atoms with Crippen molar-refractivity contribution in [1.29, 1.82) is 0 Å². The molecule has 0 fully saturated rings. The molecular formula is C13H23N3. The van der Waals surface area contributed by atoms with Gasteiger partial charge in [-0.25, -0.2) is 0 Å². The Labute approximate surface area is 98.7 Å². The Morgan fingerprint density at radius 2 is 2.00 bits per heavy atom. The molecule has 0 aliphatic carbocycles. The second-order valence-corrected chi connectivity index (χ2v) is 4.36. The zero-order chi connectivity index (χ0) is 12.0. The van der Waals surface area contributed by atoms with E-state index in [-0.39, 0.29) is 0 Å². The van der Waals surface area contributed by atoms with E-state index in [1.54, 1.807) is 0 Å². The van der Waals surface area contributed by atoms with E-state index in [0.717, 1.165) is 24.4 Å². The molecule has 2 atom stereocenters. The van der Waals surface area contributed by atoms with Gasteiger partial charge in [-0.15, -0.1) is 0 Å². The van der Waals surface area contributed by atoms with E-state index < -0.39 is 0 Å². The second kappa shape index (κ2) is 6.59. The van der Waals surface area contributed by atoms with Gasteiger partial charge in [0, 0.05) is 12.0 Å². The van der Waals surface area contributed by atoms with E-state index in [0.29, 0.717) is 12.0 Å². The first-order chi connectivity index (χ1) is 7.69. The third kappa shape index (κ3) is 3.56. The monoisotopic (exact) mass is 221 g/mol. The smallest absolute Gasteiger partial charge is 0.0677 e. The molecule has 0 radical (unpaired) electrons. The van der Waals surface area contributed by atoms with Gasteiger partial charge in [0.1, 0.15) is 0 Å². The zero-order valence-electron chi connectivity index (χ0n) is 10.8. The molecule has 1 aromatic rings. The summed E-state index contributed by atoms with van der Waals surface area (Å²) in [5.41, 5.74) is 2.08. The van der Waals surface area contributed by atoms with Gasteiger partial charge in [-0.1, -0.05) is 13.8 Å². The minimum Gasteiger partial charge on any atom is -0.314 e. The number of hydrogen-bond acceptors (Lipinski definition) is 3. The quantitative estimate of drug-likeness (QED) is 0.802. The van der Waals surface area contributed by atoms with Crippen molar-refractivity contribution in [2.75, 3.05) is 6.54 Å². The SMILES string of the molecule is CCCNC(C)C(CC)c1ccc(C)nn1. The van der Waals surface area contributed by atoms with E-state index in [1.807, 2.05) is 13.0 Å². The fourth-order valence-electron chi connectivity index (χ4n) is 1.94. The topological polar surface area (TPSA) is 37.8 Å². The van der Waals surface area contributed by atoms with Crippen molar-refractivity contribution in [2.45, 2.75) is 52.5 Å². The van der Waals surface area contributed by atoms with Crippen molar-refractivity contribution in [3.63, 3.8) is 0 Å². The summed E-state index contributed by atoms with van der Waals surface area (Å²) < 4.78 is 0. The average molecular weight is 221 g/mol. The van der Waals surface area contributed by atoms with E-state index in [9.17, 15) is 0 Å². The van der Waals surface area contributed by atoms with Crippen LogP contribution in [0.1, 0.15) is 50.9 Å². The highest BCUT2D eigenvalue weighted by Crippen LogP contribution is 2.20.